The van der Waals surface area contributed by atoms with Crippen LogP contribution in [0.15, 0.2) is 218 Å². The molecule has 0 aliphatic carbocycles. The van der Waals surface area contributed by atoms with Crippen LogP contribution < -0.4 is 32.8 Å². The molecule has 20 rings (SSSR count). The van der Waals surface area contributed by atoms with E-state index in [9.17, 15) is 0 Å². The molecule has 5 aliphatic heterocycles. The van der Waals surface area contributed by atoms with Gasteiger partial charge in [0.2, 0.25) is 0 Å². The van der Waals surface area contributed by atoms with Gasteiger partial charge in [0.15, 0.2) is 0 Å². The van der Waals surface area contributed by atoms with Crippen LogP contribution in [0.3, 0.4) is 0 Å². The van der Waals surface area contributed by atoms with E-state index in [4.69, 9.17) is 0 Å². The van der Waals surface area contributed by atoms with Gasteiger partial charge in [0.25, 0.3) is 13.4 Å². The van der Waals surface area contributed by atoms with Gasteiger partial charge in [-0.1, -0.05) is 176 Å². The first kappa shape index (κ1) is 36.7. The maximum absolute atomic E-state index is 2.76. The molecule has 5 aliphatic rings. The number of aromatic nitrogens is 4. The van der Waals surface area contributed by atoms with Crippen LogP contribution in [0.2, 0.25) is 0 Å². The number of nitrogens with zero attached hydrogens (tertiary/aromatic N) is 4. The van der Waals surface area contributed by atoms with Gasteiger partial charge >= 0.3 is 0 Å². The van der Waals surface area contributed by atoms with Crippen molar-refractivity contribution < 1.29 is 0 Å². The van der Waals surface area contributed by atoms with Crippen LogP contribution in [-0.2, 0) is 5.41 Å². The zero-order valence-corrected chi connectivity index (χ0v) is 39.2. The van der Waals surface area contributed by atoms with E-state index < -0.39 is 5.41 Å². The Morgan fingerprint density at radius 3 is 1.15 bits per heavy atom. The Morgan fingerprint density at radius 1 is 0.260 bits per heavy atom. The molecule has 0 spiro atoms. The fraction of sp³-hybridized carbons (Fsp3) is 0.0149. The largest absolute Gasteiger partial charge is 0.310 e. The summed E-state index contributed by atoms with van der Waals surface area (Å²) in [4.78, 5) is 0. The van der Waals surface area contributed by atoms with Crippen molar-refractivity contribution in [3.63, 3.8) is 0 Å². The third-order valence-electron chi connectivity index (χ3n) is 18.5. The molecule has 0 saturated carbocycles. The molecule has 0 fully saturated rings. The maximum Gasteiger partial charge on any atom is 0.252 e. The predicted octanol–water partition coefficient (Wildman–Crippen LogP) is 11.1. The Labute approximate surface area is 418 Å². The zero-order valence-electron chi connectivity index (χ0n) is 39.2. The molecule has 0 N–H and O–H groups in total. The Morgan fingerprint density at radius 2 is 0.658 bits per heavy atom. The van der Waals surface area contributed by atoms with E-state index in [1.807, 2.05) is 0 Å². The van der Waals surface area contributed by atoms with E-state index in [1.54, 1.807) is 0 Å². The molecule has 4 nitrogen and oxygen atoms in total. The van der Waals surface area contributed by atoms with Crippen LogP contribution in [0.5, 0.6) is 0 Å². The summed E-state index contributed by atoms with van der Waals surface area (Å²) in [6.07, 6.45) is 0. The van der Waals surface area contributed by atoms with Gasteiger partial charge in [-0.15, -0.1) is 0 Å². The molecule has 11 aromatic carbocycles. The lowest BCUT2D eigenvalue weighted by atomic mass is 9.31. The second kappa shape index (κ2) is 12.1. The standard InChI is InChI=1S/C67H36B2N4/c1-3-17-37(18-4-1)67(38-19-5-2-6-20-38)47-25-15-23-41-45-33-43-39-21-7-11-29-53(39)70-55-31-13-9-27-49(55)68-51-35-52-58(36-57(51)72(61(41)47)65(45)59(68)63(43)70)73-62-42(24-16-26-48(62)67)46-34-44-40-22-8-12-30-54(40)71-56-32-14-10-28-50(56)69(52)60(64(44)71)66(46)73/h1-36H. The number of para-hydroxylation sites is 6. The number of hydrogen-bond acceptors (Lipinski definition) is 0. The molecule has 73 heavy (non-hydrogen) atoms. The average molecular weight is 919 g/mol. The highest BCUT2D eigenvalue weighted by atomic mass is 15.1. The quantitative estimate of drug-likeness (QED) is 0.154. The minimum atomic E-state index is -0.760. The highest BCUT2D eigenvalue weighted by Crippen LogP contribution is 2.54. The first-order valence-electron chi connectivity index (χ1n) is 25.8. The van der Waals surface area contributed by atoms with Crippen LogP contribution in [0.25, 0.3) is 110 Å². The topological polar surface area (TPSA) is 19.7 Å². The van der Waals surface area contributed by atoms with Crippen LogP contribution >= 0.6 is 0 Å². The lowest BCUT2D eigenvalue weighted by Gasteiger charge is -2.41. The third kappa shape index (κ3) is 3.80. The lowest BCUT2D eigenvalue weighted by Crippen LogP contribution is -2.63. The first-order chi connectivity index (χ1) is 36.3. The second-order valence-electron chi connectivity index (χ2n) is 21.4. The van der Waals surface area contributed by atoms with E-state index in [-0.39, 0.29) is 13.4 Å². The second-order valence-corrected chi connectivity index (χ2v) is 21.4. The van der Waals surface area contributed by atoms with Crippen LogP contribution in [-0.4, -0.2) is 31.7 Å². The van der Waals surface area contributed by atoms with Gasteiger partial charge in [0, 0.05) is 65.8 Å². The van der Waals surface area contributed by atoms with Crippen molar-refractivity contribution in [2.24, 2.45) is 0 Å². The predicted molar refractivity (Wildman–Crippen MR) is 305 cm³/mol. The average Bonchev–Trinajstić information content (AvgIpc) is 4.23. The Balaban J connectivity index is 1.12. The fourth-order valence-electron chi connectivity index (χ4n) is 16.1. The van der Waals surface area contributed by atoms with E-state index in [0.717, 1.165) is 0 Å². The van der Waals surface area contributed by atoms with Crippen molar-refractivity contribution in [3.05, 3.63) is 241 Å². The molecule has 6 heteroatoms. The molecule has 0 unspecified atom stereocenters. The number of hydrogen-bond donors (Lipinski definition) is 0. The fourth-order valence-corrected chi connectivity index (χ4v) is 16.1. The molecule has 0 atom stereocenters. The highest BCUT2D eigenvalue weighted by molar-refractivity contribution is 7.03. The number of fused-ring (bicyclic) bond motifs is 16. The van der Waals surface area contributed by atoms with E-state index >= 15 is 0 Å². The van der Waals surface area contributed by atoms with Gasteiger partial charge in [-0.2, -0.15) is 0 Å². The third-order valence-corrected chi connectivity index (χ3v) is 18.5. The van der Waals surface area contributed by atoms with Crippen molar-refractivity contribution >= 4 is 133 Å². The van der Waals surface area contributed by atoms with Crippen molar-refractivity contribution in [1.82, 2.24) is 18.3 Å². The normalized spacial score (nSPS) is 14.6. The summed E-state index contributed by atoms with van der Waals surface area (Å²) in [5, 5.41) is 10.4. The first-order valence-corrected chi connectivity index (χ1v) is 25.8. The molecule has 9 heterocycles. The summed E-state index contributed by atoms with van der Waals surface area (Å²) in [5.74, 6) is 0. The minimum Gasteiger partial charge on any atom is -0.310 e. The Hall–Kier alpha value is -9.25. The lowest BCUT2D eigenvalue weighted by molar-refractivity contribution is 0.752. The molecule has 0 saturated heterocycles. The smallest absolute Gasteiger partial charge is 0.252 e. The van der Waals surface area contributed by atoms with Gasteiger partial charge in [-0.3, -0.25) is 0 Å². The Kier molecular flexibility index (Phi) is 6.07. The van der Waals surface area contributed by atoms with E-state index in [0.29, 0.717) is 0 Å². The number of benzene rings is 11. The summed E-state index contributed by atoms with van der Waals surface area (Å²) in [7, 11) is 0. The molecular formula is C67H36B2N4. The highest BCUT2D eigenvalue weighted by Gasteiger charge is 2.49. The van der Waals surface area contributed by atoms with Crippen LogP contribution in [0.4, 0.5) is 0 Å². The van der Waals surface area contributed by atoms with Crippen molar-refractivity contribution in [3.8, 4) is 22.7 Å². The molecule has 4 aromatic heterocycles. The monoisotopic (exact) mass is 918 g/mol. The van der Waals surface area contributed by atoms with Crippen molar-refractivity contribution in [2.45, 2.75) is 5.41 Å². The molecule has 0 radical (unpaired) electrons. The van der Waals surface area contributed by atoms with E-state index in [1.165, 1.54) is 165 Å². The summed E-state index contributed by atoms with van der Waals surface area (Å²) < 4.78 is 10.7. The van der Waals surface area contributed by atoms with Crippen LogP contribution in [0.1, 0.15) is 22.3 Å². The van der Waals surface area contributed by atoms with Gasteiger partial charge in [-0.05, 0) is 97.5 Å². The van der Waals surface area contributed by atoms with Crippen LogP contribution in [0, 0.1) is 0 Å². The van der Waals surface area contributed by atoms with E-state index in [2.05, 4.69) is 237 Å². The van der Waals surface area contributed by atoms with Gasteiger partial charge < -0.3 is 18.3 Å². The molecule has 2 bridgehead atoms. The minimum absolute atomic E-state index is 0.00446. The molecule has 15 aromatic rings. The van der Waals surface area contributed by atoms with Gasteiger partial charge in [-0.25, -0.2) is 0 Å². The number of rotatable bonds is 2. The summed E-state index contributed by atoms with van der Waals surface area (Å²) >= 11 is 0. The molecular weight excluding hydrogens is 882 g/mol. The summed E-state index contributed by atoms with van der Waals surface area (Å²) in [5.41, 5.74) is 28.0. The van der Waals surface area contributed by atoms with Crippen molar-refractivity contribution in [1.29, 1.82) is 0 Å². The summed E-state index contributed by atoms with van der Waals surface area (Å²) in [6, 6.07) is 84.7. The summed E-state index contributed by atoms with van der Waals surface area (Å²) in [6.45, 7) is -0.00893. The molecule has 0 amide bonds. The van der Waals surface area contributed by atoms with Gasteiger partial charge in [0.05, 0.1) is 49.5 Å². The van der Waals surface area contributed by atoms with Gasteiger partial charge in [0.1, 0.15) is 0 Å². The maximum atomic E-state index is 2.76. The zero-order chi connectivity index (χ0) is 46.7. The van der Waals surface area contributed by atoms with Crippen molar-refractivity contribution in [2.75, 3.05) is 0 Å². The SMILES string of the molecule is c1ccc(C2(c3ccccc3)c3cccc4c5cc6c7ccccc7n7c6c6c5n(c34)-c3cc4c(cc3B6c3ccccc3-7)B3c5ccccc5-n5c6ccccc6c6cc7c8cccc2c8n-4c7c3c65)cc1. The Bertz CT molecular complexity index is 4840. The molecule has 330 valence electrons.